The van der Waals surface area contributed by atoms with Gasteiger partial charge in [0.25, 0.3) is 0 Å². The summed E-state index contributed by atoms with van der Waals surface area (Å²) in [6, 6.07) is 10.2. The van der Waals surface area contributed by atoms with E-state index in [-0.39, 0.29) is 22.8 Å². The van der Waals surface area contributed by atoms with Crippen LogP contribution in [0.25, 0.3) is 0 Å². The molecule has 1 rings (SSSR count). The minimum atomic E-state index is -0.256. The first-order chi connectivity index (χ1) is 7.95. The highest BCUT2D eigenvalue weighted by Crippen LogP contribution is 2.26. The first kappa shape index (κ1) is 14.2. The lowest BCUT2D eigenvalue weighted by Crippen LogP contribution is -2.43. The summed E-state index contributed by atoms with van der Waals surface area (Å²) >= 11 is 3.50. The maximum atomic E-state index is 12.4. The molecule has 0 N–H and O–H groups in total. The maximum Gasteiger partial charge on any atom is 0.241 e. The SMILES string of the molecule is CC(C)N(C(=O)C(Br)c1ccccc1)C(C)C. The van der Waals surface area contributed by atoms with Gasteiger partial charge in [0.05, 0.1) is 0 Å². The van der Waals surface area contributed by atoms with E-state index in [1.54, 1.807) is 0 Å². The van der Waals surface area contributed by atoms with Crippen LogP contribution in [0, 0.1) is 0 Å². The molecule has 0 aliphatic rings. The smallest absolute Gasteiger partial charge is 0.241 e. The molecule has 1 atom stereocenters. The van der Waals surface area contributed by atoms with E-state index < -0.39 is 0 Å². The monoisotopic (exact) mass is 297 g/mol. The van der Waals surface area contributed by atoms with E-state index in [1.165, 1.54) is 0 Å². The maximum absolute atomic E-state index is 12.4. The zero-order chi connectivity index (χ0) is 13.0. The molecule has 0 aromatic heterocycles. The Morgan fingerprint density at radius 1 is 1.06 bits per heavy atom. The number of nitrogens with zero attached hydrogens (tertiary/aromatic N) is 1. The van der Waals surface area contributed by atoms with Crippen LogP contribution in [0.1, 0.15) is 38.1 Å². The highest BCUT2D eigenvalue weighted by Gasteiger charge is 2.26. The molecular weight excluding hydrogens is 278 g/mol. The van der Waals surface area contributed by atoms with E-state index in [2.05, 4.69) is 15.9 Å². The molecule has 17 heavy (non-hydrogen) atoms. The molecule has 3 heteroatoms. The van der Waals surface area contributed by atoms with Crippen molar-refractivity contribution in [2.45, 2.75) is 44.6 Å². The Bertz CT molecular complexity index is 354. The second-order valence-corrected chi connectivity index (χ2v) is 5.62. The first-order valence-electron chi connectivity index (χ1n) is 5.96. The Kier molecular flexibility index (Phi) is 5.19. The van der Waals surface area contributed by atoms with Crippen LogP contribution in [-0.2, 0) is 4.79 Å². The van der Waals surface area contributed by atoms with Crippen LogP contribution in [0.3, 0.4) is 0 Å². The molecule has 1 amide bonds. The number of carbonyl (C=O) groups excluding carboxylic acids is 1. The van der Waals surface area contributed by atoms with Gasteiger partial charge < -0.3 is 4.90 Å². The predicted octanol–water partition coefficient (Wildman–Crippen LogP) is 3.77. The fourth-order valence-electron chi connectivity index (χ4n) is 2.00. The quantitative estimate of drug-likeness (QED) is 0.775. The van der Waals surface area contributed by atoms with Gasteiger partial charge in [-0.3, -0.25) is 4.79 Å². The molecule has 0 fully saturated rings. The molecule has 1 unspecified atom stereocenters. The Morgan fingerprint density at radius 3 is 1.94 bits per heavy atom. The highest BCUT2D eigenvalue weighted by molar-refractivity contribution is 9.09. The molecule has 0 saturated carbocycles. The van der Waals surface area contributed by atoms with E-state index in [0.29, 0.717) is 0 Å². The molecule has 2 nitrogen and oxygen atoms in total. The number of hydrogen-bond acceptors (Lipinski definition) is 1. The number of rotatable bonds is 4. The van der Waals surface area contributed by atoms with Gasteiger partial charge in [-0.05, 0) is 33.3 Å². The molecule has 0 heterocycles. The average molecular weight is 298 g/mol. The fourth-order valence-corrected chi connectivity index (χ4v) is 2.54. The molecule has 1 aromatic rings. The number of carbonyl (C=O) groups is 1. The van der Waals surface area contributed by atoms with Gasteiger partial charge in [0.2, 0.25) is 5.91 Å². The summed E-state index contributed by atoms with van der Waals surface area (Å²) in [6.07, 6.45) is 0. The zero-order valence-corrected chi connectivity index (χ0v) is 12.4. The topological polar surface area (TPSA) is 20.3 Å². The van der Waals surface area contributed by atoms with Crippen LogP contribution in [0.5, 0.6) is 0 Å². The van der Waals surface area contributed by atoms with Gasteiger partial charge in [-0.15, -0.1) is 0 Å². The highest BCUT2D eigenvalue weighted by atomic mass is 79.9. The first-order valence-corrected chi connectivity index (χ1v) is 6.88. The average Bonchev–Trinajstić information content (AvgIpc) is 2.28. The van der Waals surface area contributed by atoms with Crippen molar-refractivity contribution in [1.82, 2.24) is 4.90 Å². The molecule has 0 aliphatic heterocycles. The van der Waals surface area contributed by atoms with Crippen molar-refractivity contribution in [2.24, 2.45) is 0 Å². The molecule has 0 spiro atoms. The van der Waals surface area contributed by atoms with Crippen molar-refractivity contribution in [2.75, 3.05) is 0 Å². The zero-order valence-electron chi connectivity index (χ0n) is 10.9. The molecule has 0 aliphatic carbocycles. The molecule has 0 bridgehead atoms. The predicted molar refractivity (Wildman–Crippen MR) is 75.2 cm³/mol. The normalized spacial score (nSPS) is 12.9. The van der Waals surface area contributed by atoms with Crippen LogP contribution >= 0.6 is 15.9 Å². The van der Waals surface area contributed by atoms with Crippen molar-refractivity contribution in [3.8, 4) is 0 Å². The van der Waals surface area contributed by atoms with Crippen LogP contribution in [0.4, 0.5) is 0 Å². The molecule has 1 aromatic carbocycles. The summed E-state index contributed by atoms with van der Waals surface area (Å²) in [5.41, 5.74) is 1.00. The van der Waals surface area contributed by atoms with Crippen molar-refractivity contribution < 1.29 is 4.79 Å². The number of benzene rings is 1. The minimum absolute atomic E-state index is 0.126. The van der Waals surface area contributed by atoms with Gasteiger partial charge in [-0.2, -0.15) is 0 Å². The summed E-state index contributed by atoms with van der Waals surface area (Å²) in [5, 5.41) is 0. The van der Waals surface area contributed by atoms with Crippen molar-refractivity contribution in [3.63, 3.8) is 0 Å². The van der Waals surface area contributed by atoms with E-state index in [0.717, 1.165) is 5.56 Å². The molecule has 94 valence electrons. The summed E-state index contributed by atoms with van der Waals surface area (Å²) in [5.74, 6) is 0.126. The van der Waals surface area contributed by atoms with Gasteiger partial charge in [0.15, 0.2) is 0 Å². The fraction of sp³-hybridized carbons (Fsp3) is 0.500. The summed E-state index contributed by atoms with van der Waals surface area (Å²) < 4.78 is 0. The van der Waals surface area contributed by atoms with Gasteiger partial charge in [-0.25, -0.2) is 0 Å². The van der Waals surface area contributed by atoms with E-state index in [4.69, 9.17) is 0 Å². The van der Waals surface area contributed by atoms with Crippen LogP contribution in [-0.4, -0.2) is 22.9 Å². The minimum Gasteiger partial charge on any atom is -0.337 e. The summed E-state index contributed by atoms with van der Waals surface area (Å²) in [7, 11) is 0. The Balaban J connectivity index is 2.89. The number of alkyl halides is 1. The third kappa shape index (κ3) is 3.56. The molecule has 0 saturated heterocycles. The Labute approximate surface area is 112 Å². The Hall–Kier alpha value is -0.830. The van der Waals surface area contributed by atoms with Gasteiger partial charge in [-0.1, -0.05) is 46.3 Å². The number of hydrogen-bond donors (Lipinski definition) is 0. The van der Waals surface area contributed by atoms with Gasteiger partial charge >= 0.3 is 0 Å². The second-order valence-electron chi connectivity index (χ2n) is 4.71. The van der Waals surface area contributed by atoms with Crippen LogP contribution in [0.2, 0.25) is 0 Å². The van der Waals surface area contributed by atoms with E-state index in [1.807, 2.05) is 62.9 Å². The number of halogens is 1. The van der Waals surface area contributed by atoms with Gasteiger partial charge in [0, 0.05) is 12.1 Å². The molecule has 0 radical (unpaired) electrons. The van der Waals surface area contributed by atoms with E-state index >= 15 is 0 Å². The largest absolute Gasteiger partial charge is 0.337 e. The lowest BCUT2D eigenvalue weighted by atomic mass is 10.1. The van der Waals surface area contributed by atoms with Gasteiger partial charge in [0.1, 0.15) is 4.83 Å². The van der Waals surface area contributed by atoms with Crippen molar-refractivity contribution in [1.29, 1.82) is 0 Å². The standard InChI is InChI=1S/C14H20BrNO/c1-10(2)16(11(3)4)14(17)13(15)12-8-6-5-7-9-12/h5-11,13H,1-4H3. The van der Waals surface area contributed by atoms with Crippen molar-refractivity contribution in [3.05, 3.63) is 35.9 Å². The molecular formula is C14H20BrNO. The second kappa shape index (κ2) is 6.20. The van der Waals surface area contributed by atoms with E-state index in [9.17, 15) is 4.79 Å². The number of amides is 1. The third-order valence-electron chi connectivity index (χ3n) is 2.68. The third-order valence-corrected chi connectivity index (χ3v) is 3.60. The lowest BCUT2D eigenvalue weighted by Gasteiger charge is -2.32. The Morgan fingerprint density at radius 2 is 1.53 bits per heavy atom. The van der Waals surface area contributed by atoms with Crippen LogP contribution < -0.4 is 0 Å². The van der Waals surface area contributed by atoms with Crippen molar-refractivity contribution >= 4 is 21.8 Å². The lowest BCUT2D eigenvalue weighted by molar-refractivity contribution is -0.134. The summed E-state index contributed by atoms with van der Waals surface area (Å²) in [6.45, 7) is 8.18. The summed E-state index contributed by atoms with van der Waals surface area (Å²) in [4.78, 5) is 14.1. The van der Waals surface area contributed by atoms with Crippen LogP contribution in [0.15, 0.2) is 30.3 Å².